The van der Waals surface area contributed by atoms with E-state index in [2.05, 4.69) is 38.2 Å². The lowest BCUT2D eigenvalue weighted by Gasteiger charge is -2.25. The van der Waals surface area contributed by atoms with E-state index in [0.717, 1.165) is 38.5 Å². The molecule has 0 saturated carbocycles. The number of allylic oxidation sites excluding steroid dienone is 4. The van der Waals surface area contributed by atoms with Crippen molar-refractivity contribution < 1.29 is 42.9 Å². The van der Waals surface area contributed by atoms with Crippen LogP contribution in [0.4, 0.5) is 0 Å². The molecule has 0 aliphatic rings. The van der Waals surface area contributed by atoms with Crippen LogP contribution < -0.4 is 0 Å². The molecule has 0 aliphatic carbocycles. The van der Waals surface area contributed by atoms with Crippen LogP contribution in [0, 0.1) is 0 Å². The highest BCUT2D eigenvalue weighted by molar-refractivity contribution is 5.71. The van der Waals surface area contributed by atoms with E-state index >= 15 is 0 Å². The Balaban J connectivity index is 3.94. The molecular weight excluding hydrogens is 1020 g/mol. The van der Waals surface area contributed by atoms with Gasteiger partial charge in [-0.05, 0) is 64.2 Å². The zero-order valence-electron chi connectivity index (χ0n) is 55.4. The Kier molecular flexibility index (Phi) is 63.0. The van der Waals surface area contributed by atoms with E-state index in [4.69, 9.17) is 18.9 Å². The summed E-state index contributed by atoms with van der Waals surface area (Å²) in [7, 11) is 5.99. The van der Waals surface area contributed by atoms with E-state index in [9.17, 15) is 19.5 Å². The fraction of sp³-hybridized carbons (Fsp3) is 0.904. The molecule has 0 aliphatic heterocycles. The minimum atomic E-state index is -1.51. The van der Waals surface area contributed by atoms with Gasteiger partial charge >= 0.3 is 17.9 Å². The third-order valence-corrected chi connectivity index (χ3v) is 16.4. The third kappa shape index (κ3) is 65.3. The molecule has 0 heterocycles. The van der Waals surface area contributed by atoms with Crippen molar-refractivity contribution in [3.63, 3.8) is 0 Å². The molecule has 0 amide bonds. The van der Waals surface area contributed by atoms with Crippen LogP contribution in [-0.2, 0) is 33.3 Å². The largest absolute Gasteiger partial charge is 0.477 e. The van der Waals surface area contributed by atoms with Gasteiger partial charge in [0.05, 0.1) is 34.4 Å². The number of carboxylic acids is 1. The molecule has 0 aromatic rings. The highest BCUT2D eigenvalue weighted by Crippen LogP contribution is 2.19. The minimum absolute atomic E-state index is 0.178. The second kappa shape index (κ2) is 64.8. The lowest BCUT2D eigenvalue weighted by atomic mass is 10.0. The maximum atomic E-state index is 12.9. The number of rotatable bonds is 68. The fourth-order valence-corrected chi connectivity index (χ4v) is 10.9. The van der Waals surface area contributed by atoms with Crippen molar-refractivity contribution >= 4 is 17.9 Å². The summed E-state index contributed by atoms with van der Waals surface area (Å²) in [6.07, 6.45) is 77.5. The van der Waals surface area contributed by atoms with E-state index in [1.54, 1.807) is 0 Å². The number of carboxylic acid groups (broad SMARTS) is 1. The summed E-state index contributed by atoms with van der Waals surface area (Å²) in [5.41, 5.74) is 0. The average Bonchev–Trinajstić information content (AvgIpc) is 3.47. The summed E-state index contributed by atoms with van der Waals surface area (Å²) >= 11 is 0. The van der Waals surface area contributed by atoms with Crippen molar-refractivity contribution in [3.8, 4) is 0 Å². The second-order valence-electron chi connectivity index (χ2n) is 25.9. The number of hydrogen-bond acceptors (Lipinski definition) is 7. The predicted octanol–water partition coefficient (Wildman–Crippen LogP) is 22.2. The van der Waals surface area contributed by atoms with Gasteiger partial charge in [0.25, 0.3) is 6.29 Å². The summed E-state index contributed by atoms with van der Waals surface area (Å²) in [5, 5.41) is 9.73. The molecular formula is C73H140NO8+. The number of unbranched alkanes of at least 4 members (excludes halogenated alkanes) is 49. The predicted molar refractivity (Wildman–Crippen MR) is 351 cm³/mol. The standard InChI is InChI=1S/C73H139NO8/c1-6-8-10-12-14-16-18-20-22-24-26-27-28-29-30-31-32-33-34-35-36-37-38-39-40-41-42-43-44-45-46-48-50-52-54-56-58-60-62-64-71(76)82-69(68-81-73(72(77)78)79-66-65-74(3,4)5)67-80-70(75)63-61-59-57-55-53-51-49-47-25-23-21-19-17-15-13-11-9-7-2/h23-26,69,73H,6-22,27-68H2,1-5H3/p+1/b25-23-,26-24-. The molecule has 2 atom stereocenters. The van der Waals surface area contributed by atoms with Crippen LogP contribution in [0.2, 0.25) is 0 Å². The molecule has 2 unspecified atom stereocenters. The van der Waals surface area contributed by atoms with Crippen molar-refractivity contribution in [1.82, 2.24) is 0 Å². The van der Waals surface area contributed by atoms with Gasteiger partial charge in [-0.3, -0.25) is 9.59 Å². The lowest BCUT2D eigenvalue weighted by molar-refractivity contribution is -0.870. The number of nitrogens with zero attached hydrogens (tertiary/aromatic N) is 1. The average molecular weight is 1160 g/mol. The fourth-order valence-electron chi connectivity index (χ4n) is 10.9. The van der Waals surface area contributed by atoms with E-state index in [1.807, 2.05) is 21.1 Å². The summed E-state index contributed by atoms with van der Waals surface area (Å²) in [4.78, 5) is 37.5. The first-order valence-electron chi connectivity index (χ1n) is 36.0. The number of hydrogen-bond donors (Lipinski definition) is 1. The molecule has 0 rings (SSSR count). The molecule has 9 heteroatoms. The molecule has 0 bridgehead atoms. The maximum Gasteiger partial charge on any atom is 0.361 e. The number of ether oxygens (including phenoxy) is 4. The zero-order valence-corrected chi connectivity index (χ0v) is 55.4. The van der Waals surface area contributed by atoms with Crippen LogP contribution in [-0.4, -0.2) is 87.4 Å². The van der Waals surface area contributed by atoms with Gasteiger partial charge in [-0.15, -0.1) is 0 Å². The minimum Gasteiger partial charge on any atom is -0.477 e. The number of carbonyl (C=O) groups excluding carboxylic acids is 2. The van der Waals surface area contributed by atoms with Crippen molar-refractivity contribution in [1.29, 1.82) is 0 Å². The summed E-state index contributed by atoms with van der Waals surface area (Å²) in [5.74, 6) is -1.98. The van der Waals surface area contributed by atoms with E-state index in [-0.39, 0.29) is 38.2 Å². The van der Waals surface area contributed by atoms with Gasteiger partial charge < -0.3 is 28.5 Å². The SMILES string of the molecule is CCCCCCCCC/C=C\CCCCCCCCCC(=O)OCC(COC(OCC[N+](C)(C)C)C(=O)O)OC(=O)CCCCCCCCCCCCCCCCCCCCCCCCCCCCC/C=C\CCCCCCCCCC. The summed E-state index contributed by atoms with van der Waals surface area (Å²) in [6.45, 7) is 4.93. The molecule has 0 fully saturated rings. The Morgan fingerprint density at radius 3 is 0.902 bits per heavy atom. The monoisotopic (exact) mass is 1160 g/mol. The van der Waals surface area contributed by atoms with Crippen LogP contribution in [0.1, 0.15) is 367 Å². The number of esters is 2. The van der Waals surface area contributed by atoms with E-state index in [1.165, 1.54) is 302 Å². The first kappa shape index (κ1) is 79.8. The van der Waals surface area contributed by atoms with Crippen LogP contribution in [0.5, 0.6) is 0 Å². The third-order valence-electron chi connectivity index (χ3n) is 16.4. The van der Waals surface area contributed by atoms with Gasteiger partial charge in [-0.2, -0.15) is 0 Å². The van der Waals surface area contributed by atoms with Crippen molar-refractivity contribution in [3.05, 3.63) is 24.3 Å². The molecule has 484 valence electrons. The Morgan fingerprint density at radius 1 is 0.354 bits per heavy atom. The molecule has 0 aromatic carbocycles. The highest BCUT2D eigenvalue weighted by atomic mass is 16.7. The van der Waals surface area contributed by atoms with Gasteiger partial charge in [0.1, 0.15) is 13.2 Å². The van der Waals surface area contributed by atoms with Gasteiger partial charge in [0, 0.05) is 12.8 Å². The quantitative estimate of drug-likeness (QED) is 0.0211. The molecule has 0 saturated heterocycles. The Hall–Kier alpha value is -2.23. The number of likely N-dealkylation sites (N-methyl/N-ethyl adjacent to an activating group) is 1. The normalized spacial score (nSPS) is 12.7. The first-order chi connectivity index (χ1) is 40.1. The second-order valence-corrected chi connectivity index (χ2v) is 25.9. The van der Waals surface area contributed by atoms with Crippen molar-refractivity contribution in [2.24, 2.45) is 0 Å². The zero-order chi connectivity index (χ0) is 59.8. The molecule has 82 heavy (non-hydrogen) atoms. The molecule has 0 radical (unpaired) electrons. The van der Waals surface area contributed by atoms with Crippen LogP contribution in [0.15, 0.2) is 24.3 Å². The Bertz CT molecular complexity index is 1390. The van der Waals surface area contributed by atoms with Gasteiger partial charge in [0.15, 0.2) is 6.10 Å². The van der Waals surface area contributed by atoms with Crippen LogP contribution in [0.25, 0.3) is 0 Å². The molecule has 9 nitrogen and oxygen atoms in total. The first-order valence-corrected chi connectivity index (χ1v) is 36.0. The van der Waals surface area contributed by atoms with Gasteiger partial charge in [-0.25, -0.2) is 4.79 Å². The van der Waals surface area contributed by atoms with E-state index < -0.39 is 18.4 Å². The van der Waals surface area contributed by atoms with Crippen LogP contribution in [0.3, 0.4) is 0 Å². The topological polar surface area (TPSA) is 108 Å². The Labute approximate surface area is 509 Å². The summed E-state index contributed by atoms with van der Waals surface area (Å²) < 4.78 is 23.0. The van der Waals surface area contributed by atoms with Gasteiger partial charge in [0.2, 0.25) is 0 Å². The smallest absolute Gasteiger partial charge is 0.361 e. The molecule has 1 N–H and O–H groups in total. The summed E-state index contributed by atoms with van der Waals surface area (Å²) in [6, 6.07) is 0. The molecule has 0 spiro atoms. The lowest BCUT2D eigenvalue weighted by Crippen LogP contribution is -2.40. The molecule has 0 aromatic heterocycles. The highest BCUT2D eigenvalue weighted by Gasteiger charge is 2.25. The van der Waals surface area contributed by atoms with Crippen molar-refractivity contribution in [2.75, 3.05) is 47.5 Å². The Morgan fingerprint density at radius 2 is 0.622 bits per heavy atom. The van der Waals surface area contributed by atoms with Gasteiger partial charge in [-0.1, -0.05) is 314 Å². The number of quaternary nitrogens is 1. The number of aliphatic carboxylic acids is 1. The van der Waals surface area contributed by atoms with Crippen LogP contribution >= 0.6 is 0 Å². The maximum absolute atomic E-state index is 12.9. The van der Waals surface area contributed by atoms with Crippen molar-refractivity contribution in [2.45, 2.75) is 379 Å². The number of carbonyl (C=O) groups is 3. The van der Waals surface area contributed by atoms with E-state index in [0.29, 0.717) is 17.4 Å².